The number of unbranched alkanes of at least 4 members (excludes halogenated alkanes) is 16. The molecular formula is C56H76Na4O16S4. The molecule has 0 saturated heterocycles. The monoisotopic (exact) mass is 1220 g/mol. The Morgan fingerprint density at radius 2 is 0.438 bits per heavy atom. The van der Waals surface area contributed by atoms with Crippen LogP contribution in [0.4, 0.5) is 0 Å². The van der Waals surface area contributed by atoms with Crippen molar-refractivity contribution in [3.8, 4) is 23.0 Å². The maximum absolute atomic E-state index is 13.2. The molecule has 0 N–H and O–H groups in total. The Hall–Kier alpha value is -0.280. The van der Waals surface area contributed by atoms with Gasteiger partial charge in [-0.05, 0) is 74.2 Å². The van der Waals surface area contributed by atoms with Crippen LogP contribution in [0.2, 0.25) is 0 Å². The van der Waals surface area contributed by atoms with Crippen LogP contribution < -0.4 is 137 Å². The van der Waals surface area contributed by atoms with Crippen LogP contribution in [0.5, 0.6) is 23.0 Å². The Kier molecular flexibility index (Phi) is 37.0. The van der Waals surface area contributed by atoms with Gasteiger partial charge in [0.05, 0.1) is 46.0 Å². The van der Waals surface area contributed by atoms with E-state index in [1.807, 2.05) is 0 Å². The van der Waals surface area contributed by atoms with Crippen molar-refractivity contribution in [2.45, 2.75) is 201 Å². The number of hydrogen-bond donors (Lipinski definition) is 0. The summed E-state index contributed by atoms with van der Waals surface area (Å²) in [4.78, 5) is -2.76. The minimum atomic E-state index is -5.26. The fraction of sp³-hybridized carbons (Fsp3) is 0.571. The summed E-state index contributed by atoms with van der Waals surface area (Å²) in [5.41, 5.74) is 0.606. The van der Waals surface area contributed by atoms with Crippen molar-refractivity contribution >= 4 is 40.5 Å². The average molecular weight is 1230 g/mol. The maximum atomic E-state index is 13.2. The van der Waals surface area contributed by atoms with E-state index in [-0.39, 0.29) is 238 Å². The summed E-state index contributed by atoms with van der Waals surface area (Å²) in [6.07, 6.45) is 15.2. The van der Waals surface area contributed by atoms with E-state index in [9.17, 15) is 51.9 Å². The quantitative estimate of drug-likeness (QED) is 0.0295. The molecule has 0 heterocycles. The van der Waals surface area contributed by atoms with Gasteiger partial charge in [0.1, 0.15) is 63.5 Å². The van der Waals surface area contributed by atoms with Gasteiger partial charge in [-0.2, -0.15) is 0 Å². The Morgan fingerprint density at radius 1 is 0.287 bits per heavy atom. The molecule has 0 aliphatic heterocycles. The van der Waals surface area contributed by atoms with Crippen LogP contribution in [0.1, 0.15) is 201 Å². The summed E-state index contributed by atoms with van der Waals surface area (Å²) in [7, 11) is -21.0. The fourth-order valence-corrected chi connectivity index (χ4v) is 11.9. The maximum Gasteiger partial charge on any atom is 1.00 e. The Bertz CT molecular complexity index is 2530. The molecule has 4 aromatic rings. The van der Waals surface area contributed by atoms with Gasteiger partial charge in [0, 0.05) is 70.2 Å². The Balaban J connectivity index is 0.00000800. The number of benzene rings is 4. The van der Waals surface area contributed by atoms with Crippen LogP contribution >= 0.6 is 0 Å². The molecular weight excluding hydrogens is 1150 g/mol. The third-order valence-corrected chi connectivity index (χ3v) is 16.8. The van der Waals surface area contributed by atoms with E-state index < -0.39 is 60.1 Å². The van der Waals surface area contributed by atoms with Crippen LogP contribution in [0.3, 0.4) is 0 Å². The van der Waals surface area contributed by atoms with Gasteiger partial charge in [0.25, 0.3) is 0 Å². The van der Waals surface area contributed by atoms with E-state index in [1.54, 1.807) is 0 Å². The SMILES string of the molecule is CCCCCCCOc1c2cc(S(=O)(=O)[O-])cc1Cc1cc(S(=O)(=O)[O-])cc(c1OCCCCCCC)Cc1cc(S(=O)(=O)[O-])cc(c1OCCCCCCC)Cc1cc(S(=O)(=O)[O-])cc(c1OCCCCCCC)C2.[Na+].[Na+].[Na+].[Na+]. The molecule has 0 radical (unpaired) electrons. The third kappa shape index (κ3) is 24.8. The minimum Gasteiger partial charge on any atom is -0.744 e. The normalized spacial score (nSPS) is 12.5. The van der Waals surface area contributed by atoms with Crippen LogP contribution in [-0.2, 0) is 66.2 Å². The average Bonchev–Trinajstić information content (AvgIpc) is 3.33. The summed E-state index contributed by atoms with van der Waals surface area (Å²) in [5.74, 6) is 0.352. The second-order valence-corrected chi connectivity index (χ2v) is 25.4. The fourth-order valence-electron chi connectivity index (χ4n) is 9.60. The third-order valence-electron chi connectivity index (χ3n) is 13.5. The van der Waals surface area contributed by atoms with Gasteiger partial charge in [-0.1, -0.05) is 130 Å². The van der Waals surface area contributed by atoms with E-state index in [0.717, 1.165) is 151 Å². The van der Waals surface area contributed by atoms with Crippen molar-refractivity contribution in [2.75, 3.05) is 26.4 Å². The van der Waals surface area contributed by atoms with Crippen molar-refractivity contribution in [1.29, 1.82) is 0 Å². The zero-order valence-electron chi connectivity index (χ0n) is 48.6. The van der Waals surface area contributed by atoms with Crippen molar-refractivity contribution < 1.29 is 189 Å². The molecule has 16 nitrogen and oxygen atoms in total. The topological polar surface area (TPSA) is 266 Å². The molecule has 0 unspecified atom stereocenters. The summed E-state index contributed by atoms with van der Waals surface area (Å²) >= 11 is 0. The van der Waals surface area contributed by atoms with E-state index in [0.29, 0.717) is 25.7 Å². The molecule has 424 valence electrons. The smallest absolute Gasteiger partial charge is 0.744 e. The molecule has 24 heteroatoms. The van der Waals surface area contributed by atoms with Gasteiger partial charge in [-0.3, -0.25) is 0 Å². The number of ether oxygens (including phenoxy) is 4. The van der Waals surface area contributed by atoms with E-state index in [2.05, 4.69) is 27.7 Å². The van der Waals surface area contributed by atoms with Crippen LogP contribution in [0.25, 0.3) is 0 Å². The van der Waals surface area contributed by atoms with Gasteiger partial charge in [-0.25, -0.2) is 33.7 Å². The predicted molar refractivity (Wildman–Crippen MR) is 286 cm³/mol. The first-order chi connectivity index (χ1) is 36.1. The molecule has 0 saturated carbocycles. The molecule has 1 aliphatic carbocycles. The molecule has 0 amide bonds. The molecule has 1 aliphatic rings. The number of hydrogen-bond acceptors (Lipinski definition) is 16. The zero-order valence-corrected chi connectivity index (χ0v) is 59.8. The summed E-state index contributed by atoms with van der Waals surface area (Å²) in [5, 5.41) is 0. The van der Waals surface area contributed by atoms with Gasteiger partial charge in [0.15, 0.2) is 0 Å². The van der Waals surface area contributed by atoms with Crippen LogP contribution in [-0.4, -0.2) is 78.3 Å². The van der Waals surface area contributed by atoms with Crippen molar-refractivity contribution in [2.24, 2.45) is 0 Å². The molecule has 0 atom stereocenters. The standard InChI is InChI=1S/C56H80O16S4.4Na/c1-5-9-13-17-21-25-69-53-41-29-43-35-50(74(60,61)62)37-45(54(43)70-26-22-18-14-10-6-2)31-47-39-52(76(66,67)68)40-48(56(47)72-28-24-20-16-12-8-4)32-46-38-51(75(63,64)65)36-44(55(46)71-27-23-19-15-11-7-3)30-42(53)34-49(33-41)73(57,58)59;;;;/h33-40H,5-32H2,1-4H3,(H,57,58,59)(H,60,61,62)(H,63,64,65)(H,66,67,68);;;;/q;4*+1/p-4. The van der Waals surface area contributed by atoms with Gasteiger partial charge < -0.3 is 37.2 Å². The first-order valence-corrected chi connectivity index (χ1v) is 32.7. The van der Waals surface area contributed by atoms with E-state index in [1.165, 1.54) is 0 Å². The summed E-state index contributed by atoms with van der Waals surface area (Å²) in [6.45, 7) is 8.72. The molecule has 8 bridgehead atoms. The van der Waals surface area contributed by atoms with Crippen LogP contribution in [0.15, 0.2) is 68.1 Å². The van der Waals surface area contributed by atoms with Crippen molar-refractivity contribution in [1.82, 2.24) is 0 Å². The second-order valence-electron chi connectivity index (χ2n) is 19.9. The zero-order chi connectivity index (χ0) is 55.5. The predicted octanol–water partition coefficient (Wildman–Crippen LogP) is -0.608. The van der Waals surface area contributed by atoms with Gasteiger partial charge >= 0.3 is 118 Å². The van der Waals surface area contributed by atoms with E-state index >= 15 is 0 Å². The number of fused-ring (bicyclic) bond motifs is 8. The largest absolute Gasteiger partial charge is 1.00 e. The minimum absolute atomic E-state index is 0. The molecule has 0 fully saturated rings. The Morgan fingerprint density at radius 3 is 0.575 bits per heavy atom. The van der Waals surface area contributed by atoms with Crippen molar-refractivity contribution in [3.05, 3.63) is 93.0 Å². The van der Waals surface area contributed by atoms with Gasteiger partial charge in [-0.15, -0.1) is 0 Å². The summed E-state index contributed by atoms with van der Waals surface area (Å²) < 4.78 is 184. The molecule has 0 spiro atoms. The molecule has 4 aromatic carbocycles. The van der Waals surface area contributed by atoms with Gasteiger partial charge in [0.2, 0.25) is 0 Å². The number of rotatable bonds is 32. The molecule has 5 rings (SSSR count). The summed E-state index contributed by atoms with van der Waals surface area (Å²) in [6, 6.07) is 8.94. The van der Waals surface area contributed by atoms with Crippen LogP contribution in [0, 0.1) is 0 Å². The molecule has 0 aromatic heterocycles. The first kappa shape index (κ1) is 77.7. The second kappa shape index (κ2) is 38.1. The Labute approximate surface area is 566 Å². The molecule has 80 heavy (non-hydrogen) atoms. The first-order valence-electron chi connectivity index (χ1n) is 27.1. The van der Waals surface area contributed by atoms with E-state index in [4.69, 9.17) is 18.9 Å². The van der Waals surface area contributed by atoms with Crippen molar-refractivity contribution in [3.63, 3.8) is 0 Å².